The maximum atomic E-state index is 12.5. The molecule has 0 unspecified atom stereocenters. The normalized spacial score (nSPS) is 11.4. The van der Waals surface area contributed by atoms with Crippen molar-refractivity contribution in [2.75, 3.05) is 12.4 Å². The van der Waals surface area contributed by atoms with E-state index in [0.717, 1.165) is 49.1 Å². The van der Waals surface area contributed by atoms with Crippen LogP contribution in [0.2, 0.25) is 0 Å². The van der Waals surface area contributed by atoms with Crippen LogP contribution in [0, 0.1) is 20.8 Å². The number of carbonyl (C=O) groups is 1. The minimum absolute atomic E-state index is 0.165. The molecule has 0 bridgehead atoms. The summed E-state index contributed by atoms with van der Waals surface area (Å²) < 4.78 is 5.77. The number of aromatic nitrogens is 1. The predicted molar refractivity (Wildman–Crippen MR) is 138 cm³/mol. The fourth-order valence-corrected chi connectivity index (χ4v) is 4.84. The van der Waals surface area contributed by atoms with Crippen molar-refractivity contribution < 1.29 is 9.53 Å². The van der Waals surface area contributed by atoms with Crippen LogP contribution in [-0.2, 0) is 4.79 Å². The summed E-state index contributed by atoms with van der Waals surface area (Å²) in [6.07, 6.45) is 1.66. The van der Waals surface area contributed by atoms with Gasteiger partial charge in [-0.3, -0.25) is 9.78 Å². The Kier molecular flexibility index (Phi) is 6.94. The Labute approximate surface area is 198 Å². The van der Waals surface area contributed by atoms with Crippen LogP contribution in [0.5, 0.6) is 5.75 Å². The highest BCUT2D eigenvalue weighted by Crippen LogP contribution is 2.30. The number of rotatable bonds is 7. The van der Waals surface area contributed by atoms with Crippen LogP contribution in [0.1, 0.15) is 29.3 Å². The summed E-state index contributed by atoms with van der Waals surface area (Å²) in [7, 11) is 0. The fourth-order valence-electron chi connectivity index (χ4n) is 3.93. The van der Waals surface area contributed by atoms with Gasteiger partial charge in [-0.2, -0.15) is 5.10 Å². The molecule has 0 aliphatic rings. The van der Waals surface area contributed by atoms with Gasteiger partial charge < -0.3 is 4.74 Å². The van der Waals surface area contributed by atoms with Crippen molar-refractivity contribution in [2.45, 2.75) is 32.6 Å². The molecule has 168 valence electrons. The van der Waals surface area contributed by atoms with Gasteiger partial charge in [0.2, 0.25) is 5.91 Å². The maximum Gasteiger partial charge on any atom is 0.250 e. The van der Waals surface area contributed by atoms with Gasteiger partial charge in [0.25, 0.3) is 0 Å². The third-order valence-corrected chi connectivity index (χ3v) is 6.37. The van der Waals surface area contributed by atoms with Crippen molar-refractivity contribution in [3.63, 3.8) is 0 Å². The monoisotopic (exact) mass is 457 g/mol. The number of hydrogen-bond donors (Lipinski definition) is 1. The van der Waals surface area contributed by atoms with Crippen molar-refractivity contribution in [3.8, 4) is 5.75 Å². The minimum Gasteiger partial charge on any atom is -0.493 e. The van der Waals surface area contributed by atoms with Gasteiger partial charge in [-0.05, 0) is 62.2 Å². The number of carbonyl (C=O) groups excluding carboxylic acids is 1. The van der Waals surface area contributed by atoms with Crippen LogP contribution in [0.3, 0.4) is 0 Å². The highest BCUT2D eigenvalue weighted by atomic mass is 32.2. The van der Waals surface area contributed by atoms with E-state index in [4.69, 9.17) is 4.74 Å². The minimum atomic E-state index is -0.165. The summed E-state index contributed by atoms with van der Waals surface area (Å²) >= 11 is 1.50. The number of hydrogen-bond acceptors (Lipinski definition) is 5. The van der Waals surface area contributed by atoms with Crippen LogP contribution in [0.15, 0.2) is 64.6 Å². The number of pyridine rings is 1. The predicted octanol–water partition coefficient (Wildman–Crippen LogP) is 5.95. The lowest BCUT2D eigenvalue weighted by Gasteiger charge is -2.11. The second kappa shape index (κ2) is 10.0. The number of aryl methyl sites for hydroxylation is 3. The van der Waals surface area contributed by atoms with E-state index in [1.165, 1.54) is 17.3 Å². The number of amides is 1. The summed E-state index contributed by atoms with van der Waals surface area (Å²) in [6.45, 7) is 8.63. The molecule has 0 radical (unpaired) electrons. The first-order valence-electron chi connectivity index (χ1n) is 10.9. The Balaban J connectivity index is 1.50. The summed E-state index contributed by atoms with van der Waals surface area (Å²) in [5, 5.41) is 7.43. The molecule has 0 saturated heterocycles. The van der Waals surface area contributed by atoms with Crippen molar-refractivity contribution in [1.82, 2.24) is 10.4 Å². The zero-order valence-corrected chi connectivity index (χ0v) is 20.1. The Morgan fingerprint density at radius 2 is 1.91 bits per heavy atom. The molecule has 4 rings (SSSR count). The van der Waals surface area contributed by atoms with Gasteiger partial charge in [-0.1, -0.05) is 42.0 Å². The second-order valence-corrected chi connectivity index (χ2v) is 8.97. The molecule has 1 amide bonds. The zero-order chi connectivity index (χ0) is 23.4. The van der Waals surface area contributed by atoms with Gasteiger partial charge in [-0.25, -0.2) is 5.43 Å². The van der Waals surface area contributed by atoms with E-state index in [1.807, 2.05) is 56.3 Å². The Bertz CT molecular complexity index is 1360. The van der Waals surface area contributed by atoms with Gasteiger partial charge in [0.1, 0.15) is 5.75 Å². The van der Waals surface area contributed by atoms with E-state index in [1.54, 1.807) is 6.21 Å². The summed E-state index contributed by atoms with van der Waals surface area (Å²) in [4.78, 5) is 18.3. The number of nitrogens with one attached hydrogen (secondary N) is 1. The van der Waals surface area contributed by atoms with Crippen LogP contribution < -0.4 is 10.2 Å². The summed E-state index contributed by atoms with van der Waals surface area (Å²) in [5.41, 5.74) is 7.76. The quantitative estimate of drug-likeness (QED) is 0.211. The number of benzene rings is 3. The number of nitrogens with zero attached hydrogens (tertiary/aromatic N) is 2. The Morgan fingerprint density at radius 1 is 1.09 bits per heavy atom. The van der Waals surface area contributed by atoms with Gasteiger partial charge in [0.05, 0.1) is 24.1 Å². The molecule has 0 atom stereocenters. The lowest BCUT2D eigenvalue weighted by molar-refractivity contribution is -0.118. The molecule has 0 fully saturated rings. The zero-order valence-electron chi connectivity index (χ0n) is 19.3. The molecule has 0 aliphatic heterocycles. The standard InChI is InChI=1S/C27H27N3O2S/c1-5-32-24-11-10-20-8-6-7-9-21(20)23(24)15-28-30-26(31)16-33-25-14-19(4)29-27-18(3)12-17(2)13-22(25)27/h6-15H,5,16H2,1-4H3,(H,30,31)/b28-15+. The molecule has 1 N–H and O–H groups in total. The first-order chi connectivity index (χ1) is 16.0. The molecule has 3 aromatic carbocycles. The Morgan fingerprint density at radius 3 is 2.73 bits per heavy atom. The number of hydrazone groups is 1. The summed E-state index contributed by atoms with van der Waals surface area (Å²) in [6, 6.07) is 18.3. The van der Waals surface area contributed by atoms with E-state index in [9.17, 15) is 4.79 Å². The molecule has 33 heavy (non-hydrogen) atoms. The summed E-state index contributed by atoms with van der Waals surface area (Å²) in [5.74, 6) is 0.839. The average molecular weight is 458 g/mol. The SMILES string of the molecule is CCOc1ccc2ccccc2c1/C=N/NC(=O)CSc1cc(C)nc2c(C)cc(C)cc12. The smallest absolute Gasteiger partial charge is 0.250 e. The first-order valence-corrected chi connectivity index (χ1v) is 11.9. The number of thioether (sulfide) groups is 1. The van der Waals surface area contributed by atoms with E-state index in [0.29, 0.717) is 6.61 Å². The second-order valence-electron chi connectivity index (χ2n) is 7.95. The highest BCUT2D eigenvalue weighted by molar-refractivity contribution is 8.00. The van der Waals surface area contributed by atoms with Crippen LogP contribution in [0.25, 0.3) is 21.7 Å². The van der Waals surface area contributed by atoms with Gasteiger partial charge in [0, 0.05) is 21.5 Å². The average Bonchev–Trinajstić information content (AvgIpc) is 2.79. The van der Waals surface area contributed by atoms with Crippen molar-refractivity contribution in [1.29, 1.82) is 0 Å². The lowest BCUT2D eigenvalue weighted by atomic mass is 10.0. The van der Waals surface area contributed by atoms with Crippen LogP contribution in [0.4, 0.5) is 0 Å². The Hall–Kier alpha value is -3.38. The molecule has 1 aromatic heterocycles. The third-order valence-electron chi connectivity index (χ3n) is 5.31. The van der Waals surface area contributed by atoms with Crippen molar-refractivity contribution >= 4 is 45.6 Å². The topological polar surface area (TPSA) is 63.6 Å². The van der Waals surface area contributed by atoms with E-state index >= 15 is 0 Å². The van der Waals surface area contributed by atoms with Gasteiger partial charge in [0.15, 0.2) is 0 Å². The number of ether oxygens (including phenoxy) is 1. The molecule has 4 aromatic rings. The van der Waals surface area contributed by atoms with E-state index in [-0.39, 0.29) is 11.7 Å². The number of fused-ring (bicyclic) bond motifs is 2. The lowest BCUT2D eigenvalue weighted by Crippen LogP contribution is -2.19. The molecular weight excluding hydrogens is 430 g/mol. The molecule has 0 saturated carbocycles. The van der Waals surface area contributed by atoms with Crippen LogP contribution in [-0.4, -0.2) is 29.5 Å². The largest absolute Gasteiger partial charge is 0.493 e. The van der Waals surface area contributed by atoms with E-state index < -0.39 is 0 Å². The van der Waals surface area contributed by atoms with Crippen LogP contribution >= 0.6 is 11.8 Å². The van der Waals surface area contributed by atoms with Gasteiger partial charge in [-0.15, -0.1) is 11.8 Å². The molecule has 5 nitrogen and oxygen atoms in total. The molecular formula is C27H27N3O2S. The highest BCUT2D eigenvalue weighted by Gasteiger charge is 2.11. The molecule has 6 heteroatoms. The fraction of sp³-hybridized carbons (Fsp3) is 0.222. The maximum absolute atomic E-state index is 12.5. The molecule has 0 aliphatic carbocycles. The van der Waals surface area contributed by atoms with Gasteiger partial charge >= 0.3 is 0 Å². The first kappa shape index (κ1) is 22.8. The van der Waals surface area contributed by atoms with Crippen molar-refractivity contribution in [2.24, 2.45) is 5.10 Å². The third kappa shape index (κ3) is 5.17. The van der Waals surface area contributed by atoms with E-state index in [2.05, 4.69) is 41.5 Å². The molecule has 1 heterocycles. The molecule has 0 spiro atoms. The van der Waals surface area contributed by atoms with Crippen molar-refractivity contribution in [3.05, 3.63) is 77.0 Å².